The number of nitrogens with zero attached hydrogens (tertiary/aromatic N) is 1. The zero-order valence-electron chi connectivity index (χ0n) is 13.8. The van der Waals surface area contributed by atoms with Crippen LogP contribution in [-0.4, -0.2) is 36.1 Å². The van der Waals surface area contributed by atoms with Gasteiger partial charge in [0.1, 0.15) is 13.2 Å². The molecule has 1 aromatic carbocycles. The summed E-state index contributed by atoms with van der Waals surface area (Å²) in [6.45, 7) is 5.34. The van der Waals surface area contributed by atoms with Gasteiger partial charge in [0.25, 0.3) is 0 Å². The van der Waals surface area contributed by atoms with E-state index in [1.165, 1.54) is 12.8 Å². The maximum atomic E-state index is 12.9. The topological polar surface area (TPSA) is 38.8 Å². The number of benzene rings is 1. The van der Waals surface area contributed by atoms with Crippen molar-refractivity contribution in [2.75, 3.05) is 13.2 Å². The van der Waals surface area contributed by atoms with Gasteiger partial charge in [-0.1, -0.05) is 28.8 Å². The predicted molar refractivity (Wildman–Crippen MR) is 93.1 cm³/mol. The fraction of sp³-hybridized carbons (Fsp3) is 0.611. The van der Waals surface area contributed by atoms with Crippen molar-refractivity contribution in [3.05, 3.63) is 22.2 Å². The van der Waals surface area contributed by atoms with E-state index in [0.29, 0.717) is 25.7 Å². The molecule has 1 aliphatic heterocycles. The monoisotopic (exact) mass is 381 g/mol. The molecule has 0 saturated heterocycles. The molecule has 1 fully saturated rings. The normalized spacial score (nSPS) is 17.6. The third kappa shape index (κ3) is 3.65. The van der Waals surface area contributed by atoms with Crippen molar-refractivity contribution in [3.8, 4) is 11.5 Å². The van der Waals surface area contributed by atoms with Crippen LogP contribution in [0.4, 0.5) is 0 Å². The lowest BCUT2D eigenvalue weighted by molar-refractivity contribution is -0.134. The highest BCUT2D eigenvalue weighted by atomic mass is 79.9. The van der Waals surface area contributed by atoms with Gasteiger partial charge < -0.3 is 14.4 Å². The standard InChI is InChI=1S/C18H24BrNO3/c1-12(2)20(14-5-3-4-6-14)18(21)10-13-9-16-17(11-15(13)19)23-8-7-22-16/h9,11-12,14H,3-8,10H2,1-2H3. The molecule has 1 aromatic rings. The van der Waals surface area contributed by atoms with Crippen molar-refractivity contribution < 1.29 is 14.3 Å². The average Bonchev–Trinajstić information content (AvgIpc) is 3.01. The molecule has 0 spiro atoms. The molecule has 1 saturated carbocycles. The van der Waals surface area contributed by atoms with Crippen LogP contribution in [0.5, 0.6) is 11.5 Å². The Morgan fingerprint density at radius 1 is 1.22 bits per heavy atom. The zero-order valence-corrected chi connectivity index (χ0v) is 15.4. The second-order valence-electron chi connectivity index (χ2n) is 6.60. The summed E-state index contributed by atoms with van der Waals surface area (Å²) in [6, 6.07) is 4.48. The third-order valence-corrected chi connectivity index (χ3v) is 5.35. The van der Waals surface area contributed by atoms with Gasteiger partial charge in [0.2, 0.25) is 5.91 Å². The fourth-order valence-corrected chi connectivity index (χ4v) is 4.05. The predicted octanol–water partition coefficient (Wildman–Crippen LogP) is 3.94. The number of carbonyl (C=O) groups is 1. The second kappa shape index (κ2) is 7.12. The minimum absolute atomic E-state index is 0.198. The Kier molecular flexibility index (Phi) is 5.14. The van der Waals surface area contributed by atoms with Crippen LogP contribution in [0.1, 0.15) is 45.1 Å². The van der Waals surface area contributed by atoms with Crippen LogP contribution in [-0.2, 0) is 11.2 Å². The van der Waals surface area contributed by atoms with Gasteiger partial charge in [-0.2, -0.15) is 0 Å². The molecule has 1 heterocycles. The van der Waals surface area contributed by atoms with Crippen LogP contribution in [0.15, 0.2) is 16.6 Å². The highest BCUT2D eigenvalue weighted by molar-refractivity contribution is 9.10. The Morgan fingerprint density at radius 2 is 1.83 bits per heavy atom. The Bertz CT molecular complexity index is 582. The van der Waals surface area contributed by atoms with Crippen LogP contribution in [0.2, 0.25) is 0 Å². The van der Waals surface area contributed by atoms with Crippen molar-refractivity contribution >= 4 is 21.8 Å². The van der Waals surface area contributed by atoms with E-state index in [-0.39, 0.29) is 11.9 Å². The molecule has 5 heteroatoms. The van der Waals surface area contributed by atoms with E-state index in [9.17, 15) is 4.79 Å². The largest absolute Gasteiger partial charge is 0.486 e. The minimum atomic E-state index is 0.198. The maximum absolute atomic E-state index is 12.9. The first-order chi connectivity index (χ1) is 11.1. The van der Waals surface area contributed by atoms with Gasteiger partial charge in [-0.25, -0.2) is 0 Å². The molecule has 23 heavy (non-hydrogen) atoms. The first kappa shape index (κ1) is 16.6. The summed E-state index contributed by atoms with van der Waals surface area (Å²) in [5, 5.41) is 0. The Hall–Kier alpha value is -1.23. The van der Waals surface area contributed by atoms with E-state index in [4.69, 9.17) is 9.47 Å². The lowest BCUT2D eigenvalue weighted by Gasteiger charge is -2.33. The van der Waals surface area contributed by atoms with Gasteiger partial charge in [-0.3, -0.25) is 4.79 Å². The number of amides is 1. The van der Waals surface area contributed by atoms with Gasteiger partial charge in [0.05, 0.1) is 6.42 Å². The number of ether oxygens (including phenoxy) is 2. The van der Waals surface area contributed by atoms with Crippen molar-refractivity contribution in [1.29, 1.82) is 0 Å². The molecular weight excluding hydrogens is 358 g/mol. The van der Waals surface area contributed by atoms with Crippen LogP contribution >= 0.6 is 15.9 Å². The number of rotatable bonds is 4. The molecule has 0 atom stereocenters. The minimum Gasteiger partial charge on any atom is -0.486 e. The Balaban J connectivity index is 1.78. The molecule has 2 aliphatic rings. The molecular formula is C18H24BrNO3. The molecule has 0 radical (unpaired) electrons. The van der Waals surface area contributed by atoms with Gasteiger partial charge in [-0.15, -0.1) is 0 Å². The zero-order chi connectivity index (χ0) is 16.4. The lowest BCUT2D eigenvalue weighted by Crippen LogP contribution is -2.44. The van der Waals surface area contributed by atoms with Crippen molar-refractivity contribution in [1.82, 2.24) is 4.90 Å². The molecule has 3 rings (SSSR count). The molecule has 0 unspecified atom stereocenters. The second-order valence-corrected chi connectivity index (χ2v) is 7.45. The highest BCUT2D eigenvalue weighted by Crippen LogP contribution is 2.36. The van der Waals surface area contributed by atoms with Crippen LogP contribution in [0, 0.1) is 0 Å². The smallest absolute Gasteiger partial charge is 0.227 e. The molecule has 1 aliphatic carbocycles. The van der Waals surface area contributed by atoms with E-state index >= 15 is 0 Å². The summed E-state index contributed by atoms with van der Waals surface area (Å²) in [6.07, 6.45) is 5.12. The molecule has 0 bridgehead atoms. The Morgan fingerprint density at radius 3 is 2.43 bits per heavy atom. The quantitative estimate of drug-likeness (QED) is 0.792. The first-order valence-corrected chi connectivity index (χ1v) is 9.24. The number of carbonyl (C=O) groups excluding carboxylic acids is 1. The van der Waals surface area contributed by atoms with E-state index in [2.05, 4.69) is 34.7 Å². The van der Waals surface area contributed by atoms with Gasteiger partial charge in [0, 0.05) is 16.6 Å². The lowest BCUT2D eigenvalue weighted by atomic mass is 10.1. The van der Waals surface area contributed by atoms with Crippen molar-refractivity contribution in [2.24, 2.45) is 0 Å². The molecule has 0 N–H and O–H groups in total. The molecule has 4 nitrogen and oxygen atoms in total. The summed E-state index contributed by atoms with van der Waals surface area (Å²) in [4.78, 5) is 15.0. The summed E-state index contributed by atoms with van der Waals surface area (Å²) in [7, 11) is 0. The number of hydrogen-bond acceptors (Lipinski definition) is 3. The number of hydrogen-bond donors (Lipinski definition) is 0. The van der Waals surface area contributed by atoms with E-state index in [1.807, 2.05) is 12.1 Å². The number of fused-ring (bicyclic) bond motifs is 1. The third-order valence-electron chi connectivity index (χ3n) is 4.62. The number of halogens is 1. The van der Waals surface area contributed by atoms with E-state index in [0.717, 1.165) is 34.4 Å². The summed E-state index contributed by atoms with van der Waals surface area (Å²) in [5.41, 5.74) is 0.961. The highest BCUT2D eigenvalue weighted by Gasteiger charge is 2.29. The van der Waals surface area contributed by atoms with Gasteiger partial charge >= 0.3 is 0 Å². The van der Waals surface area contributed by atoms with Crippen LogP contribution in [0.3, 0.4) is 0 Å². The average molecular weight is 382 g/mol. The summed E-state index contributed by atoms with van der Waals surface area (Å²) < 4.78 is 12.1. The van der Waals surface area contributed by atoms with E-state index in [1.54, 1.807) is 0 Å². The van der Waals surface area contributed by atoms with Crippen LogP contribution < -0.4 is 9.47 Å². The SMILES string of the molecule is CC(C)N(C(=O)Cc1cc2c(cc1Br)OCCO2)C1CCCC1. The maximum Gasteiger partial charge on any atom is 0.227 e. The van der Waals surface area contributed by atoms with Crippen LogP contribution in [0.25, 0.3) is 0 Å². The Labute approximate surface area is 146 Å². The molecule has 126 valence electrons. The first-order valence-electron chi connectivity index (χ1n) is 8.45. The molecule has 1 amide bonds. The van der Waals surface area contributed by atoms with Gasteiger partial charge in [-0.05, 0) is 44.4 Å². The summed E-state index contributed by atoms with van der Waals surface area (Å²) in [5.74, 6) is 1.68. The fourth-order valence-electron chi connectivity index (χ4n) is 3.59. The summed E-state index contributed by atoms with van der Waals surface area (Å²) >= 11 is 3.57. The molecule has 0 aromatic heterocycles. The van der Waals surface area contributed by atoms with Crippen molar-refractivity contribution in [3.63, 3.8) is 0 Å². The van der Waals surface area contributed by atoms with E-state index < -0.39 is 0 Å². The van der Waals surface area contributed by atoms with Gasteiger partial charge in [0.15, 0.2) is 11.5 Å². The van der Waals surface area contributed by atoms with Crippen molar-refractivity contribution in [2.45, 2.75) is 58.0 Å².